The van der Waals surface area contributed by atoms with E-state index < -0.39 is 23.6 Å². The number of hydrogen-bond acceptors (Lipinski definition) is 5. The highest BCUT2D eigenvalue weighted by Crippen LogP contribution is 2.29. The largest absolute Gasteiger partial charge is 0.491 e. The number of amides is 3. The van der Waals surface area contributed by atoms with Crippen molar-refractivity contribution < 1.29 is 24.2 Å². The summed E-state index contributed by atoms with van der Waals surface area (Å²) in [6.45, 7) is 4.72. The van der Waals surface area contributed by atoms with Gasteiger partial charge in [-0.3, -0.25) is 14.5 Å². The zero-order chi connectivity index (χ0) is 21.2. The van der Waals surface area contributed by atoms with Gasteiger partial charge in [0.05, 0.1) is 6.54 Å². The molecule has 0 bridgehead atoms. The monoisotopic (exact) mass is 396 g/mol. The highest BCUT2D eigenvalue weighted by atomic mass is 16.5. The minimum atomic E-state index is -1.18. The van der Waals surface area contributed by atoms with E-state index in [1.54, 1.807) is 43.3 Å². The summed E-state index contributed by atoms with van der Waals surface area (Å²) in [5.41, 5.74) is 1.05. The van der Waals surface area contributed by atoms with Crippen molar-refractivity contribution in [3.63, 3.8) is 0 Å². The summed E-state index contributed by atoms with van der Waals surface area (Å²) >= 11 is 0. The van der Waals surface area contributed by atoms with E-state index in [9.17, 15) is 19.5 Å². The van der Waals surface area contributed by atoms with Crippen molar-refractivity contribution in [3.05, 3.63) is 65.2 Å². The molecule has 0 spiro atoms. The zero-order valence-corrected chi connectivity index (χ0v) is 16.6. The van der Waals surface area contributed by atoms with Gasteiger partial charge in [0.25, 0.3) is 5.91 Å². The van der Waals surface area contributed by atoms with Gasteiger partial charge in [0.2, 0.25) is 0 Å². The lowest BCUT2D eigenvalue weighted by atomic mass is 9.91. The molecule has 2 N–H and O–H groups in total. The van der Waals surface area contributed by atoms with Crippen LogP contribution in [-0.4, -0.2) is 47.0 Å². The third kappa shape index (κ3) is 4.30. The number of ketones is 1. The standard InChI is InChI=1S/C22H24N2O5/c1-14-7-9-17(10-8-14)22(3)20(27)24(21(28)23-22)12-18(26)13-29-19-6-4-5-16(11-19)15(2)25/h4-11,18,26H,12-13H2,1-3H3,(H,23,28)/t18-,22+/m1/s1. The molecule has 0 unspecified atom stereocenters. The third-order valence-corrected chi connectivity index (χ3v) is 4.98. The first-order valence-corrected chi connectivity index (χ1v) is 9.34. The Morgan fingerprint density at radius 1 is 1.21 bits per heavy atom. The molecule has 1 aliphatic heterocycles. The van der Waals surface area contributed by atoms with E-state index in [-0.39, 0.29) is 18.9 Å². The Balaban J connectivity index is 1.64. The summed E-state index contributed by atoms with van der Waals surface area (Å²) in [7, 11) is 0. The zero-order valence-electron chi connectivity index (χ0n) is 16.6. The van der Waals surface area contributed by atoms with E-state index >= 15 is 0 Å². The van der Waals surface area contributed by atoms with Crippen LogP contribution < -0.4 is 10.1 Å². The van der Waals surface area contributed by atoms with Crippen molar-refractivity contribution >= 4 is 17.7 Å². The van der Waals surface area contributed by atoms with Crippen LogP contribution in [0.5, 0.6) is 5.75 Å². The van der Waals surface area contributed by atoms with Gasteiger partial charge in [-0.1, -0.05) is 42.0 Å². The molecular weight excluding hydrogens is 372 g/mol. The van der Waals surface area contributed by atoms with Crippen LogP contribution in [0.25, 0.3) is 0 Å². The molecule has 0 radical (unpaired) electrons. The Bertz CT molecular complexity index is 940. The number of carbonyl (C=O) groups is 3. The summed E-state index contributed by atoms with van der Waals surface area (Å²) in [5, 5.41) is 13.0. The highest BCUT2D eigenvalue weighted by molar-refractivity contribution is 6.07. The Morgan fingerprint density at radius 2 is 1.90 bits per heavy atom. The average molecular weight is 396 g/mol. The Hall–Kier alpha value is -3.19. The number of imide groups is 1. The molecular formula is C22H24N2O5. The number of urea groups is 1. The molecule has 3 rings (SSSR count). The van der Waals surface area contributed by atoms with Crippen molar-refractivity contribution in [2.45, 2.75) is 32.4 Å². The number of Topliss-reactive ketones (excluding diaryl/α,β-unsaturated/α-hetero) is 1. The third-order valence-electron chi connectivity index (χ3n) is 4.98. The molecule has 0 aromatic heterocycles. The number of nitrogens with one attached hydrogen (secondary N) is 1. The first-order valence-electron chi connectivity index (χ1n) is 9.34. The normalized spacial score (nSPS) is 19.8. The van der Waals surface area contributed by atoms with Crippen molar-refractivity contribution in [3.8, 4) is 5.75 Å². The number of carbonyl (C=O) groups excluding carboxylic acids is 3. The quantitative estimate of drug-likeness (QED) is 0.553. The van der Waals surface area contributed by atoms with E-state index in [4.69, 9.17) is 4.74 Å². The molecule has 1 aliphatic rings. The molecule has 7 nitrogen and oxygen atoms in total. The number of aliphatic hydroxyl groups excluding tert-OH is 1. The van der Waals surface area contributed by atoms with Crippen molar-refractivity contribution in [1.82, 2.24) is 10.2 Å². The number of rotatable bonds is 7. The van der Waals surface area contributed by atoms with Gasteiger partial charge < -0.3 is 15.2 Å². The van der Waals surface area contributed by atoms with Gasteiger partial charge in [0.15, 0.2) is 5.78 Å². The van der Waals surface area contributed by atoms with Crippen LogP contribution in [-0.2, 0) is 10.3 Å². The van der Waals surface area contributed by atoms with Crippen LogP contribution >= 0.6 is 0 Å². The Kier molecular flexibility index (Phi) is 5.70. The van der Waals surface area contributed by atoms with Crippen LogP contribution in [0.1, 0.15) is 35.3 Å². The molecule has 1 fully saturated rings. The van der Waals surface area contributed by atoms with Gasteiger partial charge in [-0.2, -0.15) is 0 Å². The number of hydrogen-bond donors (Lipinski definition) is 2. The second-order valence-corrected chi connectivity index (χ2v) is 7.39. The van der Waals surface area contributed by atoms with Gasteiger partial charge >= 0.3 is 6.03 Å². The summed E-state index contributed by atoms with van der Waals surface area (Å²) in [4.78, 5) is 37.7. The lowest BCUT2D eigenvalue weighted by Gasteiger charge is -2.23. The second kappa shape index (κ2) is 8.05. The predicted octanol–water partition coefficient (Wildman–Crippen LogP) is 2.40. The maximum absolute atomic E-state index is 12.9. The van der Waals surface area contributed by atoms with Crippen LogP contribution in [0.2, 0.25) is 0 Å². The van der Waals surface area contributed by atoms with Gasteiger partial charge in [-0.05, 0) is 38.5 Å². The molecule has 2 aromatic rings. The smallest absolute Gasteiger partial charge is 0.325 e. The van der Waals surface area contributed by atoms with Crippen molar-refractivity contribution in [2.75, 3.05) is 13.2 Å². The molecule has 1 saturated heterocycles. The fourth-order valence-corrected chi connectivity index (χ4v) is 3.21. The van der Waals surface area contributed by atoms with E-state index in [1.807, 2.05) is 19.1 Å². The molecule has 0 aliphatic carbocycles. The molecule has 29 heavy (non-hydrogen) atoms. The van der Waals surface area contributed by atoms with Gasteiger partial charge in [-0.15, -0.1) is 0 Å². The summed E-state index contributed by atoms with van der Waals surface area (Å²) in [6, 6.07) is 13.4. The van der Waals surface area contributed by atoms with Crippen molar-refractivity contribution in [1.29, 1.82) is 0 Å². The van der Waals surface area contributed by atoms with Gasteiger partial charge in [0, 0.05) is 5.56 Å². The molecule has 1 heterocycles. The molecule has 7 heteroatoms. The fourth-order valence-electron chi connectivity index (χ4n) is 3.21. The lowest BCUT2D eigenvalue weighted by Crippen LogP contribution is -2.42. The first-order chi connectivity index (χ1) is 13.7. The van der Waals surface area contributed by atoms with Crippen LogP contribution in [0.4, 0.5) is 4.79 Å². The first kappa shape index (κ1) is 20.5. The number of ether oxygens (including phenoxy) is 1. The second-order valence-electron chi connectivity index (χ2n) is 7.39. The Labute approximate surface area is 169 Å². The van der Waals surface area contributed by atoms with E-state index in [0.717, 1.165) is 10.5 Å². The average Bonchev–Trinajstić information content (AvgIpc) is 2.91. The van der Waals surface area contributed by atoms with E-state index in [0.29, 0.717) is 16.9 Å². The maximum atomic E-state index is 12.9. The van der Waals surface area contributed by atoms with E-state index in [2.05, 4.69) is 5.32 Å². The summed E-state index contributed by atoms with van der Waals surface area (Å²) in [6.07, 6.45) is -1.08. The molecule has 0 saturated carbocycles. The van der Waals surface area contributed by atoms with Gasteiger partial charge in [0.1, 0.15) is 24.0 Å². The molecule has 2 aromatic carbocycles. The number of benzene rings is 2. The van der Waals surface area contributed by atoms with Crippen molar-refractivity contribution in [2.24, 2.45) is 0 Å². The molecule has 2 atom stereocenters. The minimum absolute atomic E-state index is 0.0919. The summed E-state index contributed by atoms with van der Waals surface area (Å²) in [5.74, 6) is -0.0897. The SMILES string of the molecule is CC(=O)c1cccc(OC[C@H](O)CN2C(=O)N[C@@](C)(c3ccc(C)cc3)C2=O)c1. The Morgan fingerprint density at radius 3 is 2.55 bits per heavy atom. The predicted molar refractivity (Wildman–Crippen MR) is 107 cm³/mol. The fraction of sp³-hybridized carbons (Fsp3) is 0.318. The lowest BCUT2D eigenvalue weighted by molar-refractivity contribution is -0.132. The highest BCUT2D eigenvalue weighted by Gasteiger charge is 2.49. The number of aliphatic hydroxyl groups is 1. The van der Waals surface area contributed by atoms with Crippen LogP contribution in [0.15, 0.2) is 48.5 Å². The molecule has 3 amide bonds. The maximum Gasteiger partial charge on any atom is 0.325 e. The topological polar surface area (TPSA) is 95.9 Å². The van der Waals surface area contributed by atoms with Crippen LogP contribution in [0.3, 0.4) is 0 Å². The molecule has 152 valence electrons. The van der Waals surface area contributed by atoms with Crippen LogP contribution in [0, 0.1) is 6.92 Å². The van der Waals surface area contributed by atoms with Gasteiger partial charge in [-0.25, -0.2) is 4.79 Å². The minimum Gasteiger partial charge on any atom is -0.491 e. The number of nitrogens with zero attached hydrogens (tertiary/aromatic N) is 1. The number of β-amino-alcohol motifs (C(OH)–C–C–N with tert-alkyl or cyclic N) is 1. The number of aryl methyl sites for hydroxylation is 1. The summed E-state index contributed by atoms with van der Waals surface area (Å²) < 4.78 is 5.52. The van der Waals surface area contributed by atoms with E-state index in [1.165, 1.54) is 6.92 Å².